The molecule has 7 nitrogen and oxygen atoms in total. The van der Waals surface area contributed by atoms with Crippen molar-refractivity contribution in [2.45, 2.75) is 13.8 Å². The van der Waals surface area contributed by atoms with Gasteiger partial charge in [0.1, 0.15) is 5.56 Å². The number of aromatic hydroxyl groups is 1. The van der Waals surface area contributed by atoms with Crippen molar-refractivity contribution in [2.24, 2.45) is 4.99 Å². The second kappa shape index (κ2) is 8.42. The number of hydrogen-bond acceptors (Lipinski definition) is 4. The first-order valence-electron chi connectivity index (χ1n) is 8.53. The lowest BCUT2D eigenvalue weighted by Gasteiger charge is -2.11. The summed E-state index contributed by atoms with van der Waals surface area (Å²) in [5, 5.41) is 13.8. The van der Waals surface area contributed by atoms with Crippen molar-refractivity contribution >= 4 is 40.8 Å². The third-order valence-corrected chi connectivity index (χ3v) is 4.68. The first-order chi connectivity index (χ1) is 13.8. The lowest BCUT2D eigenvalue weighted by Crippen LogP contribution is -2.31. The van der Waals surface area contributed by atoms with E-state index in [-0.39, 0.29) is 21.4 Å². The normalized spacial score (nSPS) is 11.0. The number of aryl methyl sites for hydroxylation is 2. The van der Waals surface area contributed by atoms with Gasteiger partial charge in [0.15, 0.2) is 5.11 Å². The summed E-state index contributed by atoms with van der Waals surface area (Å²) in [7, 11) is 0. The first-order valence-corrected chi connectivity index (χ1v) is 9.32. The highest BCUT2D eigenvalue weighted by molar-refractivity contribution is 7.80. The number of halogens is 1. The third-order valence-electron chi connectivity index (χ3n) is 4.15. The Hall–Kier alpha value is -3.23. The Bertz CT molecular complexity index is 1250. The van der Waals surface area contributed by atoms with Crippen LogP contribution in [0.1, 0.15) is 16.7 Å². The molecule has 0 fully saturated rings. The molecule has 0 bridgehead atoms. The maximum atomic E-state index is 12.2. The maximum Gasteiger partial charge on any atom is 0.335 e. The Morgan fingerprint density at radius 3 is 2.66 bits per heavy atom. The number of para-hydroxylation sites is 1. The van der Waals surface area contributed by atoms with E-state index in [1.807, 2.05) is 32.0 Å². The van der Waals surface area contributed by atoms with Crippen LogP contribution in [-0.2, 0) is 0 Å². The van der Waals surface area contributed by atoms with Gasteiger partial charge in [0.25, 0.3) is 5.56 Å². The molecule has 148 valence electrons. The van der Waals surface area contributed by atoms with Crippen LogP contribution >= 0.6 is 23.8 Å². The van der Waals surface area contributed by atoms with E-state index < -0.39 is 17.1 Å². The number of aromatic nitrogens is 2. The molecule has 1 aromatic heterocycles. The first kappa shape index (κ1) is 20.5. The van der Waals surface area contributed by atoms with Crippen LogP contribution in [0, 0.1) is 13.8 Å². The minimum absolute atomic E-state index is 0.0891. The van der Waals surface area contributed by atoms with Gasteiger partial charge < -0.3 is 10.4 Å². The number of aromatic amines is 1. The van der Waals surface area contributed by atoms with E-state index in [1.54, 1.807) is 18.2 Å². The zero-order chi connectivity index (χ0) is 21.1. The SMILES string of the molecule is Cc1ccc(NC(=S)N=Cc2c(O)n(-c3ccccc3Cl)c(=O)[nH]c2=O)c(C)c1. The van der Waals surface area contributed by atoms with Gasteiger partial charge in [-0.25, -0.2) is 14.4 Å². The van der Waals surface area contributed by atoms with Gasteiger partial charge >= 0.3 is 5.69 Å². The van der Waals surface area contributed by atoms with Gasteiger partial charge in [0.05, 0.1) is 10.7 Å². The highest BCUT2D eigenvalue weighted by Crippen LogP contribution is 2.22. The molecule has 1 heterocycles. The van der Waals surface area contributed by atoms with E-state index in [4.69, 9.17) is 23.8 Å². The molecule has 0 saturated carbocycles. The molecule has 0 saturated heterocycles. The van der Waals surface area contributed by atoms with Crippen molar-refractivity contribution in [3.05, 3.63) is 85.0 Å². The van der Waals surface area contributed by atoms with Gasteiger partial charge in [0, 0.05) is 11.9 Å². The zero-order valence-corrected chi connectivity index (χ0v) is 17.1. The van der Waals surface area contributed by atoms with E-state index in [9.17, 15) is 14.7 Å². The van der Waals surface area contributed by atoms with Gasteiger partial charge in [-0.2, -0.15) is 0 Å². The standard InChI is InChI=1S/C20H17ClN4O3S/c1-11-7-8-15(12(2)9-11)23-19(29)22-10-13-17(26)24-20(28)25(18(13)27)16-6-4-3-5-14(16)21/h3-10,27H,1-2H3,(H,23,29)(H,24,26,28). The molecule has 0 aliphatic carbocycles. The van der Waals surface area contributed by atoms with Crippen molar-refractivity contribution in [3.8, 4) is 11.6 Å². The molecule has 0 aliphatic heterocycles. The quantitative estimate of drug-likeness (QED) is 0.439. The van der Waals surface area contributed by atoms with Crippen LogP contribution in [0.3, 0.4) is 0 Å². The van der Waals surface area contributed by atoms with Gasteiger partial charge in [-0.05, 0) is 49.8 Å². The fourth-order valence-corrected chi connectivity index (χ4v) is 3.12. The van der Waals surface area contributed by atoms with E-state index in [0.717, 1.165) is 27.6 Å². The molecule has 2 aromatic carbocycles. The topological polar surface area (TPSA) is 99.5 Å². The van der Waals surface area contributed by atoms with Crippen LogP contribution in [0.25, 0.3) is 5.69 Å². The molecule has 0 radical (unpaired) electrons. The number of thiocarbonyl (C=S) groups is 1. The van der Waals surface area contributed by atoms with Crippen LogP contribution in [0.4, 0.5) is 5.69 Å². The van der Waals surface area contributed by atoms with Gasteiger partial charge in [-0.15, -0.1) is 0 Å². The average molecular weight is 429 g/mol. The molecular weight excluding hydrogens is 412 g/mol. The van der Waals surface area contributed by atoms with E-state index in [0.29, 0.717) is 0 Å². The summed E-state index contributed by atoms with van der Waals surface area (Å²) in [6.07, 6.45) is 1.10. The molecule has 0 atom stereocenters. The Morgan fingerprint density at radius 2 is 1.97 bits per heavy atom. The fraction of sp³-hybridized carbons (Fsp3) is 0.100. The monoisotopic (exact) mass is 428 g/mol. The zero-order valence-electron chi connectivity index (χ0n) is 15.6. The average Bonchev–Trinajstić information content (AvgIpc) is 2.65. The van der Waals surface area contributed by atoms with Crippen molar-refractivity contribution in [1.29, 1.82) is 0 Å². The maximum absolute atomic E-state index is 12.2. The predicted molar refractivity (Wildman–Crippen MR) is 119 cm³/mol. The number of aliphatic imine (C=N–C) groups is 1. The molecular formula is C20H17ClN4O3S. The Balaban J connectivity index is 1.96. The van der Waals surface area contributed by atoms with E-state index in [2.05, 4.69) is 15.3 Å². The summed E-state index contributed by atoms with van der Waals surface area (Å²) in [6.45, 7) is 3.91. The summed E-state index contributed by atoms with van der Waals surface area (Å²) in [5.74, 6) is -0.593. The number of nitrogens with one attached hydrogen (secondary N) is 2. The van der Waals surface area contributed by atoms with Crippen molar-refractivity contribution < 1.29 is 5.11 Å². The number of benzene rings is 2. The second-order valence-corrected chi connectivity index (χ2v) is 7.08. The van der Waals surface area contributed by atoms with Gasteiger partial charge in [-0.1, -0.05) is 41.4 Å². The molecule has 0 unspecified atom stereocenters. The van der Waals surface area contributed by atoms with Crippen LogP contribution in [0.2, 0.25) is 5.02 Å². The number of H-pyrrole nitrogens is 1. The number of anilines is 1. The fourth-order valence-electron chi connectivity index (χ4n) is 2.74. The molecule has 3 N–H and O–H groups in total. The molecule has 0 amide bonds. The summed E-state index contributed by atoms with van der Waals surface area (Å²) < 4.78 is 0.895. The van der Waals surface area contributed by atoms with Crippen LogP contribution in [-0.4, -0.2) is 26.0 Å². The van der Waals surface area contributed by atoms with Crippen LogP contribution in [0.5, 0.6) is 5.88 Å². The van der Waals surface area contributed by atoms with Crippen molar-refractivity contribution in [2.75, 3.05) is 5.32 Å². The highest BCUT2D eigenvalue weighted by Gasteiger charge is 2.16. The summed E-state index contributed by atoms with van der Waals surface area (Å²) >= 11 is 11.3. The molecule has 0 spiro atoms. The molecule has 3 aromatic rings. The van der Waals surface area contributed by atoms with Crippen molar-refractivity contribution in [1.82, 2.24) is 9.55 Å². The minimum atomic E-state index is -0.825. The third kappa shape index (κ3) is 4.44. The molecule has 3 rings (SSSR count). The highest BCUT2D eigenvalue weighted by atomic mass is 35.5. The lowest BCUT2D eigenvalue weighted by atomic mass is 10.1. The molecule has 9 heteroatoms. The minimum Gasteiger partial charge on any atom is -0.493 e. The van der Waals surface area contributed by atoms with Crippen molar-refractivity contribution in [3.63, 3.8) is 0 Å². The molecule has 0 aliphatic rings. The van der Waals surface area contributed by atoms with Crippen LogP contribution < -0.4 is 16.6 Å². The summed E-state index contributed by atoms with van der Waals surface area (Å²) in [5.41, 5.74) is 1.24. The Kier molecular flexibility index (Phi) is 5.95. The van der Waals surface area contributed by atoms with Crippen LogP contribution in [0.15, 0.2) is 57.0 Å². The second-order valence-electron chi connectivity index (χ2n) is 6.29. The van der Waals surface area contributed by atoms with E-state index in [1.165, 1.54) is 6.07 Å². The molecule has 29 heavy (non-hydrogen) atoms. The van der Waals surface area contributed by atoms with Gasteiger partial charge in [0.2, 0.25) is 5.88 Å². The summed E-state index contributed by atoms with van der Waals surface area (Å²) in [4.78, 5) is 30.6. The largest absolute Gasteiger partial charge is 0.493 e. The Morgan fingerprint density at radius 1 is 1.24 bits per heavy atom. The lowest BCUT2D eigenvalue weighted by molar-refractivity contribution is 0.430. The van der Waals surface area contributed by atoms with E-state index >= 15 is 0 Å². The Labute approximate surface area is 176 Å². The number of rotatable bonds is 3. The van der Waals surface area contributed by atoms with Gasteiger partial charge in [-0.3, -0.25) is 9.78 Å². The number of hydrogen-bond donors (Lipinski definition) is 3. The predicted octanol–water partition coefficient (Wildman–Crippen LogP) is 3.32. The summed E-state index contributed by atoms with van der Waals surface area (Å²) in [6, 6.07) is 12.2. The number of nitrogens with zero attached hydrogens (tertiary/aromatic N) is 2. The smallest absolute Gasteiger partial charge is 0.335 e.